The summed E-state index contributed by atoms with van der Waals surface area (Å²) in [5.74, 6) is 2.26. The Morgan fingerprint density at radius 3 is 2.65 bits per heavy atom. The number of aliphatic hydroxyl groups excluding tert-OH is 1. The normalized spacial score (nSPS) is 11.1. The van der Waals surface area contributed by atoms with Crippen LogP contribution in [-0.4, -0.2) is 41.3 Å². The van der Waals surface area contributed by atoms with Crippen LogP contribution in [0.4, 0.5) is 20.4 Å². The quantitative estimate of drug-likeness (QED) is 0.409. The van der Waals surface area contributed by atoms with Crippen molar-refractivity contribution in [3.63, 3.8) is 0 Å². The number of nitrogen functional groups attached to an aromatic ring is 1. The van der Waals surface area contributed by atoms with E-state index in [-0.39, 0.29) is 17.4 Å². The van der Waals surface area contributed by atoms with Gasteiger partial charge in [0.2, 0.25) is 5.75 Å². The summed E-state index contributed by atoms with van der Waals surface area (Å²) in [6.07, 6.45) is 1.14. The third kappa shape index (κ3) is 3.36. The highest BCUT2D eigenvalue weighted by Gasteiger charge is 2.28. The summed E-state index contributed by atoms with van der Waals surface area (Å²) in [6.45, 7) is -2.03. The molecule has 7 nitrogen and oxygen atoms in total. The van der Waals surface area contributed by atoms with Gasteiger partial charge < -0.3 is 20.6 Å². The first-order valence-electron chi connectivity index (χ1n) is 4.62. The van der Waals surface area contributed by atoms with Gasteiger partial charge in [0.05, 0.1) is 13.7 Å². The molecule has 0 aliphatic rings. The average molecular weight is 249 g/mol. The molecule has 1 aromatic heterocycles. The topological polar surface area (TPSA) is 105 Å². The van der Waals surface area contributed by atoms with Crippen molar-refractivity contribution in [3.05, 3.63) is 6.33 Å². The maximum Gasteiger partial charge on any atom is 0.287 e. The van der Waals surface area contributed by atoms with Gasteiger partial charge in [0.25, 0.3) is 5.92 Å². The molecular weight excluding hydrogens is 236 g/mol. The van der Waals surface area contributed by atoms with Gasteiger partial charge in [-0.25, -0.2) is 24.6 Å². The van der Waals surface area contributed by atoms with Crippen molar-refractivity contribution in [1.82, 2.24) is 9.97 Å². The molecule has 9 heteroatoms. The molecule has 0 aliphatic carbocycles. The SMILES string of the molecule is COc1c(NN)ncnc1NCC(F)(F)CO. The second-order valence-electron chi connectivity index (χ2n) is 3.12. The fourth-order valence-corrected chi connectivity index (χ4v) is 1.06. The highest BCUT2D eigenvalue weighted by molar-refractivity contribution is 5.63. The fourth-order valence-electron chi connectivity index (χ4n) is 1.06. The monoisotopic (exact) mass is 249 g/mol. The zero-order valence-electron chi connectivity index (χ0n) is 9.07. The van der Waals surface area contributed by atoms with Crippen molar-refractivity contribution in [2.45, 2.75) is 5.92 Å². The van der Waals surface area contributed by atoms with E-state index >= 15 is 0 Å². The van der Waals surface area contributed by atoms with Gasteiger partial charge in [-0.2, -0.15) is 0 Å². The summed E-state index contributed by atoms with van der Waals surface area (Å²) < 4.78 is 30.6. The van der Waals surface area contributed by atoms with Gasteiger partial charge in [-0.3, -0.25) is 0 Å². The first-order chi connectivity index (χ1) is 8.04. The minimum absolute atomic E-state index is 0.0589. The number of hydrogen-bond acceptors (Lipinski definition) is 7. The molecular formula is C8H13F2N5O2. The third-order valence-electron chi connectivity index (χ3n) is 1.89. The second-order valence-corrected chi connectivity index (χ2v) is 3.12. The first kappa shape index (κ1) is 13.3. The van der Waals surface area contributed by atoms with Gasteiger partial charge in [-0.05, 0) is 0 Å². The maximum absolute atomic E-state index is 12.8. The molecule has 0 bridgehead atoms. The van der Waals surface area contributed by atoms with Crippen LogP contribution >= 0.6 is 0 Å². The Morgan fingerprint density at radius 2 is 2.12 bits per heavy atom. The van der Waals surface area contributed by atoms with Crippen molar-refractivity contribution < 1.29 is 18.6 Å². The zero-order chi connectivity index (χ0) is 12.9. The smallest absolute Gasteiger partial charge is 0.287 e. The van der Waals surface area contributed by atoms with Crippen molar-refractivity contribution in [2.75, 3.05) is 31.0 Å². The number of halogens is 2. The fraction of sp³-hybridized carbons (Fsp3) is 0.500. The van der Waals surface area contributed by atoms with Crippen LogP contribution in [-0.2, 0) is 0 Å². The number of methoxy groups -OCH3 is 1. The number of alkyl halides is 2. The Bertz CT molecular complexity index is 377. The van der Waals surface area contributed by atoms with E-state index in [1.807, 2.05) is 0 Å². The average Bonchev–Trinajstić information content (AvgIpc) is 2.35. The molecule has 0 aliphatic heterocycles. The van der Waals surface area contributed by atoms with Crippen LogP contribution in [0, 0.1) is 0 Å². The molecule has 0 amide bonds. The Kier molecular flexibility index (Phi) is 4.35. The molecule has 0 fully saturated rings. The molecule has 1 rings (SSSR count). The van der Waals surface area contributed by atoms with E-state index in [9.17, 15) is 8.78 Å². The molecule has 5 N–H and O–H groups in total. The van der Waals surface area contributed by atoms with Gasteiger partial charge in [-0.15, -0.1) is 0 Å². The largest absolute Gasteiger partial charge is 0.490 e. The molecule has 17 heavy (non-hydrogen) atoms. The van der Waals surface area contributed by atoms with Gasteiger partial charge in [0, 0.05) is 0 Å². The summed E-state index contributed by atoms with van der Waals surface area (Å²) in [4.78, 5) is 7.48. The van der Waals surface area contributed by atoms with Crippen LogP contribution < -0.4 is 21.3 Å². The van der Waals surface area contributed by atoms with E-state index in [4.69, 9.17) is 15.7 Å². The second kappa shape index (κ2) is 5.55. The number of ether oxygens (including phenoxy) is 1. The van der Waals surface area contributed by atoms with Crippen molar-refractivity contribution >= 4 is 11.6 Å². The minimum Gasteiger partial charge on any atom is -0.490 e. The van der Waals surface area contributed by atoms with Crippen LogP contribution in [0.15, 0.2) is 6.33 Å². The lowest BCUT2D eigenvalue weighted by atomic mass is 10.3. The van der Waals surface area contributed by atoms with Gasteiger partial charge in [-0.1, -0.05) is 0 Å². The van der Waals surface area contributed by atoms with Crippen LogP contribution in [0.3, 0.4) is 0 Å². The molecule has 96 valence electrons. The number of hydrogen-bond donors (Lipinski definition) is 4. The Morgan fingerprint density at radius 1 is 1.47 bits per heavy atom. The summed E-state index contributed by atoms with van der Waals surface area (Å²) in [5, 5.41) is 10.8. The number of aliphatic hydroxyl groups is 1. The lowest BCUT2D eigenvalue weighted by molar-refractivity contribution is -0.0373. The zero-order valence-corrected chi connectivity index (χ0v) is 9.07. The van der Waals surface area contributed by atoms with Crippen LogP contribution in [0.1, 0.15) is 0 Å². The number of rotatable bonds is 6. The van der Waals surface area contributed by atoms with Crippen LogP contribution in [0.5, 0.6) is 5.75 Å². The van der Waals surface area contributed by atoms with Crippen LogP contribution in [0.25, 0.3) is 0 Å². The molecule has 0 saturated carbocycles. The summed E-state index contributed by atoms with van der Waals surface area (Å²) in [5.41, 5.74) is 2.25. The van der Waals surface area contributed by atoms with Crippen molar-refractivity contribution in [1.29, 1.82) is 0 Å². The molecule has 0 radical (unpaired) electrons. The van der Waals surface area contributed by atoms with Gasteiger partial charge >= 0.3 is 0 Å². The summed E-state index contributed by atoms with van der Waals surface area (Å²) >= 11 is 0. The van der Waals surface area contributed by atoms with E-state index < -0.39 is 19.1 Å². The predicted molar refractivity (Wildman–Crippen MR) is 56.9 cm³/mol. The number of hydrazine groups is 1. The Hall–Kier alpha value is -1.74. The van der Waals surface area contributed by atoms with E-state index in [1.54, 1.807) is 0 Å². The molecule has 0 aromatic carbocycles. The van der Waals surface area contributed by atoms with E-state index in [0.717, 1.165) is 6.33 Å². The molecule has 0 atom stereocenters. The van der Waals surface area contributed by atoms with Crippen LogP contribution in [0.2, 0.25) is 0 Å². The summed E-state index contributed by atoms with van der Waals surface area (Å²) in [6, 6.07) is 0. The molecule has 1 aromatic rings. The number of nitrogens with one attached hydrogen (secondary N) is 2. The number of nitrogens with zero attached hydrogens (tertiary/aromatic N) is 2. The Labute approximate surface area is 96.0 Å². The van der Waals surface area contributed by atoms with E-state index in [2.05, 4.69) is 20.7 Å². The lowest BCUT2D eigenvalue weighted by Gasteiger charge is -2.16. The standard InChI is InChI=1S/C8H13F2N5O2/c1-17-5-6(12-2-8(9,10)3-16)13-4-14-7(5)15-11/h4,16H,2-3,11H2,1H3,(H2,12,13,14,15). The minimum atomic E-state index is -3.24. The van der Waals surface area contributed by atoms with E-state index in [1.165, 1.54) is 7.11 Å². The van der Waals surface area contributed by atoms with Gasteiger partial charge in [0.15, 0.2) is 11.6 Å². The highest BCUT2D eigenvalue weighted by Crippen LogP contribution is 2.28. The molecule has 0 unspecified atom stereocenters. The summed E-state index contributed by atoms with van der Waals surface area (Å²) in [7, 11) is 1.33. The highest BCUT2D eigenvalue weighted by atomic mass is 19.3. The van der Waals surface area contributed by atoms with Crippen molar-refractivity contribution in [3.8, 4) is 5.75 Å². The predicted octanol–water partition coefficient (Wildman–Crippen LogP) is -0.190. The van der Waals surface area contributed by atoms with Gasteiger partial charge in [0.1, 0.15) is 12.9 Å². The molecule has 0 saturated heterocycles. The van der Waals surface area contributed by atoms with Crippen molar-refractivity contribution in [2.24, 2.45) is 5.84 Å². The number of nitrogens with two attached hydrogens (primary N) is 1. The first-order valence-corrected chi connectivity index (χ1v) is 4.62. The van der Waals surface area contributed by atoms with E-state index in [0.29, 0.717) is 0 Å². The number of aromatic nitrogens is 2. The number of anilines is 2. The Balaban J connectivity index is 2.84. The molecule has 1 heterocycles. The third-order valence-corrected chi connectivity index (χ3v) is 1.89. The molecule has 0 spiro atoms. The lowest BCUT2D eigenvalue weighted by Crippen LogP contribution is -2.31. The maximum atomic E-state index is 12.8.